The Bertz CT molecular complexity index is 650. The molecule has 7 heteroatoms. The first-order valence-electron chi connectivity index (χ1n) is 5.99. The molecule has 0 aliphatic carbocycles. The van der Waals surface area contributed by atoms with Crippen molar-refractivity contribution < 1.29 is 9.90 Å². The van der Waals surface area contributed by atoms with Crippen molar-refractivity contribution in [2.45, 2.75) is 13.0 Å². The van der Waals surface area contributed by atoms with Crippen molar-refractivity contribution in [2.24, 2.45) is 7.05 Å². The second-order valence-electron chi connectivity index (χ2n) is 4.43. The first kappa shape index (κ1) is 11.8. The molecule has 2 aromatic rings. The lowest BCUT2D eigenvalue weighted by atomic mass is 10.0. The third-order valence-corrected chi connectivity index (χ3v) is 3.08. The number of rotatable bonds is 2. The Morgan fingerprint density at radius 3 is 3.00 bits per heavy atom. The minimum Gasteiger partial charge on any atom is -0.476 e. The van der Waals surface area contributed by atoms with E-state index in [4.69, 9.17) is 0 Å². The molecule has 0 aromatic carbocycles. The van der Waals surface area contributed by atoms with Gasteiger partial charge in [0.1, 0.15) is 5.69 Å². The van der Waals surface area contributed by atoms with E-state index in [1.807, 2.05) is 0 Å². The van der Waals surface area contributed by atoms with E-state index < -0.39 is 5.97 Å². The Morgan fingerprint density at radius 1 is 1.47 bits per heavy atom. The van der Waals surface area contributed by atoms with Crippen molar-refractivity contribution in [3.63, 3.8) is 0 Å². The summed E-state index contributed by atoms with van der Waals surface area (Å²) < 4.78 is 1.64. The topological polar surface area (TPSA) is 92.9 Å². The van der Waals surface area contributed by atoms with E-state index in [0.29, 0.717) is 24.5 Å². The summed E-state index contributed by atoms with van der Waals surface area (Å²) in [5.74, 6) is -0.654. The second kappa shape index (κ2) is 4.43. The van der Waals surface area contributed by atoms with Crippen LogP contribution in [0.2, 0.25) is 0 Å². The minimum atomic E-state index is -1.02. The number of carbonyl (C=O) groups is 1. The Balaban J connectivity index is 2.16. The van der Waals surface area contributed by atoms with E-state index >= 15 is 0 Å². The number of aryl methyl sites for hydroxylation is 1. The first-order valence-corrected chi connectivity index (χ1v) is 5.99. The number of fused-ring (bicyclic) bond motifs is 1. The zero-order valence-corrected chi connectivity index (χ0v) is 10.4. The molecule has 3 rings (SSSR count). The fourth-order valence-corrected chi connectivity index (χ4v) is 2.19. The summed E-state index contributed by atoms with van der Waals surface area (Å²) in [6.45, 7) is 1.32. The molecule has 0 saturated carbocycles. The van der Waals surface area contributed by atoms with Crippen molar-refractivity contribution in [3.05, 3.63) is 29.2 Å². The van der Waals surface area contributed by atoms with Crippen LogP contribution in [-0.2, 0) is 20.0 Å². The fraction of sp³-hybridized carbons (Fsp3) is 0.333. The van der Waals surface area contributed by atoms with Crippen molar-refractivity contribution in [2.75, 3.05) is 6.54 Å². The summed E-state index contributed by atoms with van der Waals surface area (Å²) in [6.07, 6.45) is 2.41. The lowest BCUT2D eigenvalue weighted by molar-refractivity contribution is 0.0688. The molecular weight excluding hydrogens is 246 g/mol. The van der Waals surface area contributed by atoms with E-state index in [1.54, 1.807) is 24.0 Å². The number of aromatic nitrogens is 4. The van der Waals surface area contributed by atoms with Crippen LogP contribution in [0.15, 0.2) is 12.3 Å². The lowest BCUT2D eigenvalue weighted by Crippen LogP contribution is -2.27. The Kier molecular flexibility index (Phi) is 2.75. The van der Waals surface area contributed by atoms with E-state index in [9.17, 15) is 9.90 Å². The van der Waals surface area contributed by atoms with E-state index in [1.165, 1.54) is 0 Å². The van der Waals surface area contributed by atoms with Crippen molar-refractivity contribution in [1.82, 2.24) is 25.1 Å². The van der Waals surface area contributed by atoms with Gasteiger partial charge in [0.05, 0.1) is 5.69 Å². The van der Waals surface area contributed by atoms with Crippen molar-refractivity contribution >= 4 is 5.97 Å². The van der Waals surface area contributed by atoms with Crippen LogP contribution in [0.4, 0.5) is 0 Å². The van der Waals surface area contributed by atoms with Crippen molar-refractivity contribution in [3.8, 4) is 11.5 Å². The molecular formula is C12H13N5O2. The van der Waals surface area contributed by atoms with Gasteiger partial charge < -0.3 is 10.4 Å². The van der Waals surface area contributed by atoms with Crippen LogP contribution in [-0.4, -0.2) is 37.4 Å². The molecule has 1 aliphatic rings. The number of hydrogen-bond acceptors (Lipinski definition) is 5. The summed E-state index contributed by atoms with van der Waals surface area (Å²) >= 11 is 0. The number of carboxylic acids is 1. The third kappa shape index (κ3) is 2.08. The predicted octanol–water partition coefficient (Wildman–Crippen LogP) is 0.221. The van der Waals surface area contributed by atoms with Crippen LogP contribution in [0.3, 0.4) is 0 Å². The molecule has 0 bridgehead atoms. The van der Waals surface area contributed by atoms with Gasteiger partial charge in [-0.05, 0) is 19.0 Å². The highest BCUT2D eigenvalue weighted by Gasteiger charge is 2.22. The van der Waals surface area contributed by atoms with Gasteiger partial charge in [-0.1, -0.05) is 0 Å². The van der Waals surface area contributed by atoms with Crippen LogP contribution in [0.25, 0.3) is 11.5 Å². The zero-order valence-electron chi connectivity index (χ0n) is 10.4. The SMILES string of the molecule is Cn1ccc(-c2nc3c(c(C(=O)O)n2)CCNC3)n1. The van der Waals surface area contributed by atoms with Crippen LogP contribution in [0, 0.1) is 0 Å². The first-order chi connectivity index (χ1) is 9.15. The average Bonchev–Trinajstić information content (AvgIpc) is 2.84. The summed E-state index contributed by atoms with van der Waals surface area (Å²) in [7, 11) is 1.79. The number of aromatic carboxylic acids is 1. The molecule has 0 unspecified atom stereocenters. The minimum absolute atomic E-state index is 0.0900. The maximum absolute atomic E-state index is 11.3. The summed E-state index contributed by atoms with van der Waals surface area (Å²) in [4.78, 5) is 19.9. The lowest BCUT2D eigenvalue weighted by Gasteiger charge is -2.18. The third-order valence-electron chi connectivity index (χ3n) is 3.08. The smallest absolute Gasteiger partial charge is 0.354 e. The van der Waals surface area contributed by atoms with E-state index in [0.717, 1.165) is 17.8 Å². The molecule has 0 fully saturated rings. The normalized spacial score (nSPS) is 14.2. The van der Waals surface area contributed by atoms with Gasteiger partial charge in [0.15, 0.2) is 11.5 Å². The van der Waals surface area contributed by atoms with Gasteiger partial charge in [-0.3, -0.25) is 4.68 Å². The zero-order chi connectivity index (χ0) is 13.4. The van der Waals surface area contributed by atoms with Crippen LogP contribution >= 0.6 is 0 Å². The number of hydrogen-bond donors (Lipinski definition) is 2. The highest BCUT2D eigenvalue weighted by Crippen LogP contribution is 2.20. The average molecular weight is 259 g/mol. The monoisotopic (exact) mass is 259 g/mol. The van der Waals surface area contributed by atoms with Gasteiger partial charge in [-0.25, -0.2) is 14.8 Å². The molecule has 2 N–H and O–H groups in total. The van der Waals surface area contributed by atoms with Gasteiger partial charge in [0.2, 0.25) is 0 Å². The summed E-state index contributed by atoms with van der Waals surface area (Å²) in [5, 5.41) is 16.7. The largest absolute Gasteiger partial charge is 0.476 e. The molecule has 7 nitrogen and oxygen atoms in total. The molecule has 2 aromatic heterocycles. The second-order valence-corrected chi connectivity index (χ2v) is 4.43. The maximum atomic E-state index is 11.3. The number of carboxylic acid groups (broad SMARTS) is 1. The summed E-state index contributed by atoms with van der Waals surface area (Å²) in [5.41, 5.74) is 2.15. The highest BCUT2D eigenvalue weighted by atomic mass is 16.4. The molecule has 3 heterocycles. The molecule has 98 valence electrons. The molecule has 0 amide bonds. The van der Waals surface area contributed by atoms with Gasteiger partial charge >= 0.3 is 5.97 Å². The van der Waals surface area contributed by atoms with Crippen LogP contribution in [0.1, 0.15) is 21.7 Å². The maximum Gasteiger partial charge on any atom is 0.354 e. The fourth-order valence-electron chi connectivity index (χ4n) is 2.19. The van der Waals surface area contributed by atoms with Crippen molar-refractivity contribution in [1.29, 1.82) is 0 Å². The standard InChI is InChI=1S/C12H13N5O2/c1-17-5-3-8(16-17)11-14-9-6-13-4-2-7(9)10(15-11)12(18)19/h3,5,13H,2,4,6H2,1H3,(H,18,19). The van der Waals surface area contributed by atoms with E-state index in [2.05, 4.69) is 20.4 Å². The van der Waals surface area contributed by atoms with Gasteiger partial charge in [-0.15, -0.1) is 0 Å². The van der Waals surface area contributed by atoms with Crippen LogP contribution in [0.5, 0.6) is 0 Å². The van der Waals surface area contributed by atoms with Crippen LogP contribution < -0.4 is 5.32 Å². The highest BCUT2D eigenvalue weighted by molar-refractivity contribution is 5.88. The number of nitrogens with zero attached hydrogens (tertiary/aromatic N) is 4. The predicted molar refractivity (Wildman–Crippen MR) is 66.6 cm³/mol. The molecule has 0 atom stereocenters. The molecule has 1 aliphatic heterocycles. The van der Waals surface area contributed by atoms with E-state index in [-0.39, 0.29) is 5.69 Å². The quantitative estimate of drug-likeness (QED) is 0.801. The Hall–Kier alpha value is -2.28. The number of nitrogens with one attached hydrogen (secondary N) is 1. The Labute approximate surface area is 109 Å². The van der Waals surface area contributed by atoms with Gasteiger partial charge in [-0.2, -0.15) is 5.10 Å². The van der Waals surface area contributed by atoms with Gasteiger partial charge in [0, 0.05) is 25.4 Å². The summed E-state index contributed by atoms with van der Waals surface area (Å²) in [6, 6.07) is 1.77. The molecule has 0 spiro atoms. The molecule has 0 saturated heterocycles. The molecule has 19 heavy (non-hydrogen) atoms. The van der Waals surface area contributed by atoms with Gasteiger partial charge in [0.25, 0.3) is 0 Å². The molecule has 0 radical (unpaired) electrons. The Morgan fingerprint density at radius 2 is 2.32 bits per heavy atom.